The van der Waals surface area contributed by atoms with E-state index in [0.29, 0.717) is 13.1 Å². The van der Waals surface area contributed by atoms with Gasteiger partial charge in [-0.3, -0.25) is 4.79 Å². The lowest BCUT2D eigenvalue weighted by Gasteiger charge is -2.07. The van der Waals surface area contributed by atoms with Crippen LogP contribution in [0, 0.1) is 0 Å². The quantitative estimate of drug-likeness (QED) is 0.675. The number of amides is 1. The summed E-state index contributed by atoms with van der Waals surface area (Å²) in [6.45, 7) is 2.53. The second-order valence-electron chi connectivity index (χ2n) is 4.18. The van der Waals surface area contributed by atoms with Crippen molar-refractivity contribution in [1.29, 1.82) is 0 Å². The van der Waals surface area contributed by atoms with E-state index in [1.54, 1.807) is 6.92 Å². The number of hydrogen-bond donors (Lipinski definition) is 2. The van der Waals surface area contributed by atoms with Crippen molar-refractivity contribution in [1.82, 2.24) is 10.6 Å². The molecule has 1 rings (SSSR count). The second kappa shape index (κ2) is 7.91. The highest BCUT2D eigenvalue weighted by Crippen LogP contribution is 1.96. The van der Waals surface area contributed by atoms with Crippen LogP contribution < -0.4 is 10.6 Å². The van der Waals surface area contributed by atoms with Gasteiger partial charge in [-0.05, 0) is 5.56 Å². The molecule has 0 aliphatic carbocycles. The van der Waals surface area contributed by atoms with Crippen molar-refractivity contribution >= 4 is 15.7 Å². The van der Waals surface area contributed by atoms with Crippen LogP contribution in [0.2, 0.25) is 0 Å². The lowest BCUT2D eigenvalue weighted by molar-refractivity contribution is -0.120. The molecule has 19 heavy (non-hydrogen) atoms. The maximum atomic E-state index is 11.5. The maximum Gasteiger partial charge on any atom is 0.234 e. The molecule has 1 aromatic carbocycles. The molecule has 0 atom stereocenters. The van der Waals surface area contributed by atoms with Gasteiger partial charge < -0.3 is 10.6 Å². The van der Waals surface area contributed by atoms with Crippen LogP contribution in [0.25, 0.3) is 0 Å². The summed E-state index contributed by atoms with van der Waals surface area (Å²) in [7, 11) is -2.97. The molecule has 6 heteroatoms. The molecule has 0 radical (unpaired) electrons. The fraction of sp³-hybridized carbons (Fsp3) is 0.462. The van der Waals surface area contributed by atoms with Crippen LogP contribution >= 0.6 is 0 Å². The van der Waals surface area contributed by atoms with Gasteiger partial charge in [0, 0.05) is 18.8 Å². The molecule has 2 N–H and O–H groups in total. The van der Waals surface area contributed by atoms with E-state index in [-0.39, 0.29) is 24.0 Å². The molecule has 0 fully saturated rings. The van der Waals surface area contributed by atoms with Crippen molar-refractivity contribution in [2.45, 2.75) is 13.5 Å². The van der Waals surface area contributed by atoms with Gasteiger partial charge in [0.05, 0.1) is 12.3 Å². The number of rotatable bonds is 8. The van der Waals surface area contributed by atoms with Crippen LogP contribution in [0.4, 0.5) is 0 Å². The minimum absolute atomic E-state index is 0.0649. The lowest BCUT2D eigenvalue weighted by atomic mass is 10.2. The van der Waals surface area contributed by atoms with E-state index in [0.717, 1.165) is 5.56 Å². The minimum atomic E-state index is -2.97. The van der Waals surface area contributed by atoms with E-state index in [9.17, 15) is 13.2 Å². The number of sulfone groups is 1. The molecule has 1 amide bonds. The highest BCUT2D eigenvalue weighted by molar-refractivity contribution is 7.91. The summed E-state index contributed by atoms with van der Waals surface area (Å²) in [4.78, 5) is 11.5. The Morgan fingerprint density at radius 2 is 1.89 bits per heavy atom. The van der Waals surface area contributed by atoms with Crippen LogP contribution in [0.15, 0.2) is 30.3 Å². The molecule has 0 bridgehead atoms. The lowest BCUT2D eigenvalue weighted by Crippen LogP contribution is -2.35. The molecule has 0 aliphatic rings. The molecular formula is C13H20N2O3S. The third-order valence-corrected chi connectivity index (χ3v) is 4.35. The van der Waals surface area contributed by atoms with Gasteiger partial charge >= 0.3 is 0 Å². The Morgan fingerprint density at radius 3 is 2.53 bits per heavy atom. The zero-order valence-electron chi connectivity index (χ0n) is 11.1. The van der Waals surface area contributed by atoms with E-state index in [1.807, 2.05) is 30.3 Å². The fourth-order valence-corrected chi connectivity index (χ4v) is 2.18. The van der Waals surface area contributed by atoms with E-state index in [1.165, 1.54) is 0 Å². The third-order valence-electron chi connectivity index (χ3n) is 2.65. The van der Waals surface area contributed by atoms with E-state index >= 15 is 0 Å². The number of benzene rings is 1. The first-order chi connectivity index (χ1) is 9.03. The van der Waals surface area contributed by atoms with Gasteiger partial charge in [-0.1, -0.05) is 37.3 Å². The number of carbonyl (C=O) groups excluding carboxylic acids is 1. The van der Waals surface area contributed by atoms with Crippen LogP contribution in [0.3, 0.4) is 0 Å². The first-order valence-corrected chi connectivity index (χ1v) is 8.07. The summed E-state index contributed by atoms with van der Waals surface area (Å²) in [6.07, 6.45) is 0. The number of hydrogen-bond acceptors (Lipinski definition) is 4. The van der Waals surface area contributed by atoms with Crippen LogP contribution in [0.1, 0.15) is 12.5 Å². The predicted octanol–water partition coefficient (Wildman–Crippen LogP) is 0.327. The van der Waals surface area contributed by atoms with E-state index in [4.69, 9.17) is 0 Å². The summed E-state index contributed by atoms with van der Waals surface area (Å²) in [6, 6.07) is 9.61. The van der Waals surface area contributed by atoms with Gasteiger partial charge in [-0.15, -0.1) is 0 Å². The summed E-state index contributed by atoms with van der Waals surface area (Å²) in [5.74, 6) is 0.0578. The average molecular weight is 284 g/mol. The summed E-state index contributed by atoms with van der Waals surface area (Å²) in [5, 5.41) is 5.58. The molecule has 0 saturated carbocycles. The maximum absolute atomic E-state index is 11.5. The number of carbonyl (C=O) groups is 1. The number of nitrogens with one attached hydrogen (secondary N) is 2. The summed E-state index contributed by atoms with van der Waals surface area (Å²) >= 11 is 0. The zero-order chi connectivity index (χ0) is 14.1. The van der Waals surface area contributed by atoms with Crippen molar-refractivity contribution in [3.8, 4) is 0 Å². The van der Waals surface area contributed by atoms with Crippen LogP contribution in [-0.2, 0) is 21.2 Å². The summed E-state index contributed by atoms with van der Waals surface area (Å²) in [5.41, 5.74) is 1.03. The van der Waals surface area contributed by atoms with Gasteiger partial charge in [0.15, 0.2) is 9.84 Å². The molecule has 0 heterocycles. The van der Waals surface area contributed by atoms with Crippen molar-refractivity contribution in [3.63, 3.8) is 0 Å². The molecule has 1 aromatic rings. The van der Waals surface area contributed by atoms with E-state index < -0.39 is 9.84 Å². The second-order valence-corrected chi connectivity index (χ2v) is 6.65. The highest BCUT2D eigenvalue weighted by Gasteiger charge is 2.07. The zero-order valence-corrected chi connectivity index (χ0v) is 11.9. The van der Waals surface area contributed by atoms with Gasteiger partial charge in [0.25, 0.3) is 0 Å². The Morgan fingerprint density at radius 1 is 1.21 bits per heavy atom. The molecule has 0 unspecified atom stereocenters. The van der Waals surface area contributed by atoms with Crippen molar-refractivity contribution in [2.75, 3.05) is 24.6 Å². The molecule has 0 spiro atoms. The Hall–Kier alpha value is -1.40. The molecule has 0 saturated heterocycles. The van der Waals surface area contributed by atoms with Crippen molar-refractivity contribution < 1.29 is 13.2 Å². The normalized spacial score (nSPS) is 11.2. The molecule has 0 aromatic heterocycles. The van der Waals surface area contributed by atoms with Gasteiger partial charge in [-0.25, -0.2) is 8.42 Å². The average Bonchev–Trinajstić information content (AvgIpc) is 2.42. The van der Waals surface area contributed by atoms with Gasteiger partial charge in [0.2, 0.25) is 5.91 Å². The first kappa shape index (κ1) is 15.7. The molecular weight excluding hydrogens is 264 g/mol. The topological polar surface area (TPSA) is 75.3 Å². The SMILES string of the molecule is CCS(=O)(=O)CCNCC(=O)NCc1ccccc1. The fourth-order valence-electron chi connectivity index (χ4n) is 1.43. The Bertz CT molecular complexity index is 486. The Labute approximate surface area is 114 Å². The molecule has 106 valence electrons. The van der Waals surface area contributed by atoms with E-state index in [2.05, 4.69) is 10.6 Å². The third kappa shape index (κ3) is 6.93. The highest BCUT2D eigenvalue weighted by atomic mass is 32.2. The first-order valence-electron chi connectivity index (χ1n) is 6.25. The van der Waals surface area contributed by atoms with Gasteiger partial charge in [-0.2, -0.15) is 0 Å². The van der Waals surface area contributed by atoms with Crippen LogP contribution in [-0.4, -0.2) is 38.9 Å². The Kier molecular flexibility index (Phi) is 6.52. The molecule has 5 nitrogen and oxygen atoms in total. The standard InChI is InChI=1S/C13H20N2O3S/c1-2-19(17,18)9-8-14-11-13(16)15-10-12-6-4-3-5-7-12/h3-7,14H,2,8-11H2,1H3,(H,15,16). The summed E-state index contributed by atoms with van der Waals surface area (Å²) < 4.78 is 22.4. The Balaban J connectivity index is 2.15. The van der Waals surface area contributed by atoms with Crippen LogP contribution in [0.5, 0.6) is 0 Å². The van der Waals surface area contributed by atoms with Crippen molar-refractivity contribution in [2.24, 2.45) is 0 Å². The minimum Gasteiger partial charge on any atom is -0.351 e. The predicted molar refractivity (Wildman–Crippen MR) is 75.5 cm³/mol. The molecule has 0 aliphatic heterocycles. The van der Waals surface area contributed by atoms with Crippen molar-refractivity contribution in [3.05, 3.63) is 35.9 Å². The largest absolute Gasteiger partial charge is 0.351 e. The smallest absolute Gasteiger partial charge is 0.234 e. The van der Waals surface area contributed by atoms with Gasteiger partial charge in [0.1, 0.15) is 0 Å². The monoisotopic (exact) mass is 284 g/mol.